The lowest BCUT2D eigenvalue weighted by Gasteiger charge is -2.11. The third-order valence-electron chi connectivity index (χ3n) is 4.09. The number of methoxy groups -OCH3 is 2. The van der Waals surface area contributed by atoms with Crippen molar-refractivity contribution in [3.8, 4) is 11.5 Å². The summed E-state index contributed by atoms with van der Waals surface area (Å²) in [4.78, 5) is 12.3. The number of benzene rings is 2. The summed E-state index contributed by atoms with van der Waals surface area (Å²) in [6.45, 7) is 2.45. The number of aromatic nitrogens is 2. The minimum Gasteiger partial charge on any atom is -0.493 e. The van der Waals surface area contributed by atoms with Crippen LogP contribution in [0.25, 0.3) is 0 Å². The minimum atomic E-state index is -0.272. The van der Waals surface area contributed by atoms with Gasteiger partial charge in [0.05, 0.1) is 14.2 Å². The number of hydrogen-bond donors (Lipinski definition) is 2. The number of nitrogens with zero attached hydrogens (tertiary/aromatic N) is 2. The van der Waals surface area contributed by atoms with Gasteiger partial charge in [0, 0.05) is 18.3 Å². The van der Waals surface area contributed by atoms with E-state index in [0.717, 1.165) is 16.8 Å². The number of amides is 1. The van der Waals surface area contributed by atoms with Gasteiger partial charge in [0.1, 0.15) is 0 Å². The molecule has 1 aromatic heterocycles. The van der Waals surface area contributed by atoms with E-state index >= 15 is 0 Å². The van der Waals surface area contributed by atoms with Crippen molar-refractivity contribution in [2.45, 2.75) is 13.5 Å². The highest BCUT2D eigenvalue weighted by molar-refractivity contribution is 5.92. The van der Waals surface area contributed by atoms with Gasteiger partial charge in [-0.25, -0.2) is 0 Å². The van der Waals surface area contributed by atoms with Gasteiger partial charge in [-0.2, -0.15) is 0 Å². The molecular formula is C21H22N4O3. The molecule has 1 amide bonds. The van der Waals surface area contributed by atoms with Gasteiger partial charge in [-0.3, -0.25) is 4.79 Å². The van der Waals surface area contributed by atoms with Crippen LogP contribution in [0.15, 0.2) is 54.6 Å². The molecule has 0 radical (unpaired) electrons. The van der Waals surface area contributed by atoms with Crippen molar-refractivity contribution in [1.82, 2.24) is 15.5 Å². The van der Waals surface area contributed by atoms with Gasteiger partial charge in [0.25, 0.3) is 5.91 Å². The molecule has 0 spiro atoms. The number of anilines is 2. The Morgan fingerprint density at radius 2 is 1.79 bits per heavy atom. The summed E-state index contributed by atoms with van der Waals surface area (Å²) in [5.74, 6) is 1.49. The molecule has 0 fully saturated rings. The fourth-order valence-electron chi connectivity index (χ4n) is 2.68. The van der Waals surface area contributed by atoms with Crippen LogP contribution in [-0.4, -0.2) is 30.3 Å². The predicted molar refractivity (Wildman–Crippen MR) is 107 cm³/mol. The van der Waals surface area contributed by atoms with Crippen molar-refractivity contribution in [3.05, 3.63) is 71.4 Å². The zero-order valence-corrected chi connectivity index (χ0v) is 16.0. The molecule has 3 aromatic rings. The van der Waals surface area contributed by atoms with Gasteiger partial charge in [-0.1, -0.05) is 29.8 Å². The van der Waals surface area contributed by atoms with Crippen LogP contribution in [0, 0.1) is 6.92 Å². The van der Waals surface area contributed by atoms with Crippen LogP contribution in [0.3, 0.4) is 0 Å². The Kier molecular flexibility index (Phi) is 6.06. The van der Waals surface area contributed by atoms with Crippen LogP contribution in [0.1, 0.15) is 21.6 Å². The summed E-state index contributed by atoms with van der Waals surface area (Å²) in [7, 11) is 3.16. The largest absolute Gasteiger partial charge is 0.493 e. The number of carbonyl (C=O) groups excluding carboxylic acids is 1. The van der Waals surface area contributed by atoms with Crippen molar-refractivity contribution in [3.63, 3.8) is 0 Å². The molecule has 0 aliphatic rings. The fourth-order valence-corrected chi connectivity index (χ4v) is 2.68. The Balaban J connectivity index is 1.62. The van der Waals surface area contributed by atoms with Gasteiger partial charge >= 0.3 is 0 Å². The Bertz CT molecular complexity index is 958. The van der Waals surface area contributed by atoms with Crippen molar-refractivity contribution in [2.75, 3.05) is 19.5 Å². The standard InChI is InChI=1S/C21H22N4O3/c1-14-5-4-6-15(11-14)13-22-21(26)17-8-10-20(25-24-17)23-16-7-9-18(27-2)19(12-16)28-3/h4-12H,13H2,1-3H3,(H,22,26)(H,23,25). The first-order valence-corrected chi connectivity index (χ1v) is 8.75. The van der Waals surface area contributed by atoms with Gasteiger partial charge in [-0.15, -0.1) is 10.2 Å². The summed E-state index contributed by atoms with van der Waals surface area (Å²) in [5, 5.41) is 14.0. The number of ether oxygens (including phenoxy) is 2. The number of aryl methyl sites for hydroxylation is 1. The fraction of sp³-hybridized carbons (Fsp3) is 0.190. The number of hydrogen-bond acceptors (Lipinski definition) is 6. The van der Waals surface area contributed by atoms with Crippen molar-refractivity contribution >= 4 is 17.4 Å². The average Bonchev–Trinajstić information content (AvgIpc) is 2.72. The lowest BCUT2D eigenvalue weighted by molar-refractivity contribution is 0.0945. The van der Waals surface area contributed by atoms with Gasteiger partial charge in [0.2, 0.25) is 0 Å². The summed E-state index contributed by atoms with van der Waals surface area (Å²) in [6.07, 6.45) is 0. The summed E-state index contributed by atoms with van der Waals surface area (Å²) in [6, 6.07) is 16.7. The number of carbonyl (C=O) groups is 1. The lowest BCUT2D eigenvalue weighted by Crippen LogP contribution is -2.24. The first-order valence-electron chi connectivity index (χ1n) is 8.75. The van der Waals surface area contributed by atoms with E-state index in [-0.39, 0.29) is 11.6 Å². The molecule has 3 rings (SSSR count). The Morgan fingerprint density at radius 3 is 2.46 bits per heavy atom. The molecule has 0 atom stereocenters. The molecule has 144 valence electrons. The van der Waals surface area contributed by atoms with Crippen molar-refractivity contribution in [1.29, 1.82) is 0 Å². The van der Waals surface area contributed by atoms with Crippen molar-refractivity contribution in [2.24, 2.45) is 0 Å². The minimum absolute atomic E-state index is 0.255. The Labute approximate surface area is 163 Å². The van der Waals surface area contributed by atoms with E-state index in [9.17, 15) is 4.79 Å². The van der Waals surface area contributed by atoms with E-state index in [1.165, 1.54) is 0 Å². The summed E-state index contributed by atoms with van der Waals surface area (Å²) >= 11 is 0. The highest BCUT2D eigenvalue weighted by Gasteiger charge is 2.09. The third-order valence-corrected chi connectivity index (χ3v) is 4.09. The van der Waals surface area contributed by atoms with E-state index in [1.807, 2.05) is 37.3 Å². The van der Waals surface area contributed by atoms with Crippen LogP contribution in [-0.2, 0) is 6.54 Å². The molecule has 7 heteroatoms. The van der Waals surface area contributed by atoms with Crippen LogP contribution in [0.2, 0.25) is 0 Å². The van der Waals surface area contributed by atoms with Gasteiger partial charge in [-0.05, 0) is 36.8 Å². The Hall–Kier alpha value is -3.61. The Morgan fingerprint density at radius 1 is 0.964 bits per heavy atom. The number of rotatable bonds is 7. The normalized spacial score (nSPS) is 10.2. The molecule has 0 bridgehead atoms. The molecule has 0 aliphatic heterocycles. The van der Waals surface area contributed by atoms with Crippen LogP contribution >= 0.6 is 0 Å². The molecule has 28 heavy (non-hydrogen) atoms. The maximum Gasteiger partial charge on any atom is 0.272 e. The molecule has 2 aromatic carbocycles. The average molecular weight is 378 g/mol. The van der Waals surface area contributed by atoms with E-state index in [0.29, 0.717) is 23.9 Å². The monoisotopic (exact) mass is 378 g/mol. The van der Waals surface area contributed by atoms with Gasteiger partial charge in [0.15, 0.2) is 23.0 Å². The lowest BCUT2D eigenvalue weighted by atomic mass is 10.1. The quantitative estimate of drug-likeness (QED) is 0.655. The molecule has 0 saturated heterocycles. The zero-order valence-electron chi connectivity index (χ0n) is 16.0. The summed E-state index contributed by atoms with van der Waals surface area (Å²) < 4.78 is 10.5. The molecule has 0 aliphatic carbocycles. The predicted octanol–water partition coefficient (Wildman–Crippen LogP) is 3.48. The zero-order chi connectivity index (χ0) is 19.9. The second kappa shape index (κ2) is 8.85. The molecule has 0 unspecified atom stereocenters. The third kappa shape index (κ3) is 4.76. The second-order valence-electron chi connectivity index (χ2n) is 6.17. The first kappa shape index (κ1) is 19.2. The smallest absolute Gasteiger partial charge is 0.272 e. The SMILES string of the molecule is COc1ccc(Nc2ccc(C(=O)NCc3cccc(C)c3)nn2)cc1OC. The number of nitrogens with one attached hydrogen (secondary N) is 2. The van der Waals surface area contributed by atoms with E-state index < -0.39 is 0 Å². The van der Waals surface area contributed by atoms with Crippen LogP contribution in [0.5, 0.6) is 11.5 Å². The van der Waals surface area contributed by atoms with Crippen LogP contribution < -0.4 is 20.1 Å². The second-order valence-corrected chi connectivity index (χ2v) is 6.17. The summed E-state index contributed by atoms with van der Waals surface area (Å²) in [5.41, 5.74) is 3.21. The van der Waals surface area contributed by atoms with Crippen molar-refractivity contribution < 1.29 is 14.3 Å². The maximum atomic E-state index is 12.3. The molecule has 0 saturated carbocycles. The van der Waals surface area contributed by atoms with E-state index in [4.69, 9.17) is 9.47 Å². The molecule has 2 N–H and O–H groups in total. The maximum absolute atomic E-state index is 12.3. The highest BCUT2D eigenvalue weighted by atomic mass is 16.5. The topological polar surface area (TPSA) is 85.4 Å². The van der Waals surface area contributed by atoms with E-state index in [1.54, 1.807) is 38.5 Å². The van der Waals surface area contributed by atoms with Gasteiger partial charge < -0.3 is 20.1 Å². The molecule has 7 nitrogen and oxygen atoms in total. The molecule has 1 heterocycles. The highest BCUT2D eigenvalue weighted by Crippen LogP contribution is 2.30. The first-order chi connectivity index (χ1) is 13.6. The van der Waals surface area contributed by atoms with Crippen LogP contribution in [0.4, 0.5) is 11.5 Å². The molecular weight excluding hydrogens is 356 g/mol. The van der Waals surface area contributed by atoms with E-state index in [2.05, 4.69) is 20.8 Å².